The highest BCUT2D eigenvalue weighted by Crippen LogP contribution is 2.34. The van der Waals surface area contributed by atoms with E-state index in [0.29, 0.717) is 22.0 Å². The van der Waals surface area contributed by atoms with Gasteiger partial charge in [0.25, 0.3) is 0 Å². The van der Waals surface area contributed by atoms with Crippen LogP contribution in [0.2, 0.25) is 10.0 Å². The van der Waals surface area contributed by atoms with Crippen molar-refractivity contribution in [3.05, 3.63) is 69.5 Å². The monoisotopic (exact) mass is 543 g/mol. The van der Waals surface area contributed by atoms with Gasteiger partial charge in [0, 0.05) is 0 Å². The van der Waals surface area contributed by atoms with E-state index in [1.165, 1.54) is 25.0 Å². The average Bonchev–Trinajstić information content (AvgIpc) is 2.87. The maximum absolute atomic E-state index is 13.1. The minimum atomic E-state index is -0.837. The number of carbonyl (C=O) groups excluding carboxylic acids is 1. The zero-order valence-electron chi connectivity index (χ0n) is 23.7. The number of rotatable bonds is 9. The molecule has 2 N–H and O–H groups in total. The fourth-order valence-electron chi connectivity index (χ4n) is 3.55. The summed E-state index contributed by atoms with van der Waals surface area (Å²) in [5, 5.41) is 13.4. The van der Waals surface area contributed by atoms with E-state index < -0.39 is 11.5 Å². The van der Waals surface area contributed by atoms with E-state index >= 15 is 0 Å². The van der Waals surface area contributed by atoms with Crippen molar-refractivity contribution in [2.75, 3.05) is 6.61 Å². The van der Waals surface area contributed by atoms with Crippen molar-refractivity contribution < 1.29 is 14.3 Å². The smallest absolute Gasteiger partial charge is 0.230 e. The van der Waals surface area contributed by atoms with Gasteiger partial charge in [-0.1, -0.05) is 116 Å². The average molecular weight is 545 g/mol. The van der Waals surface area contributed by atoms with Crippen LogP contribution in [-0.2, 0) is 10.2 Å². The van der Waals surface area contributed by atoms with Gasteiger partial charge < -0.3 is 10.4 Å². The molecule has 6 heteroatoms. The first kappa shape index (κ1) is 36.5. The highest BCUT2D eigenvalue weighted by molar-refractivity contribution is 6.42. The summed E-state index contributed by atoms with van der Waals surface area (Å²) in [4.78, 5) is 13.1. The highest BCUT2D eigenvalue weighted by Gasteiger charge is 2.36. The molecular weight excluding hydrogens is 496 g/mol. The van der Waals surface area contributed by atoms with Crippen LogP contribution in [0.25, 0.3) is 0 Å². The predicted octanol–water partition coefficient (Wildman–Crippen LogP) is 9.53. The first-order valence-corrected chi connectivity index (χ1v) is 14.0. The number of halogens is 3. The van der Waals surface area contributed by atoms with Crippen molar-refractivity contribution in [1.29, 1.82) is 0 Å². The van der Waals surface area contributed by atoms with Crippen molar-refractivity contribution >= 4 is 29.1 Å². The molecule has 0 fully saturated rings. The summed E-state index contributed by atoms with van der Waals surface area (Å²) in [5.41, 5.74) is 0.549. The van der Waals surface area contributed by atoms with Gasteiger partial charge in [0.05, 0.1) is 28.1 Å². The van der Waals surface area contributed by atoms with E-state index in [4.69, 9.17) is 23.2 Å². The van der Waals surface area contributed by atoms with Gasteiger partial charge >= 0.3 is 0 Å². The fourth-order valence-corrected chi connectivity index (χ4v) is 3.85. The fraction of sp³-hybridized carbons (Fsp3) is 0.567. The standard InChI is InChI=1S/C20H22Cl2FNO2.C6H14.2C2H6/c1-3-10-20(2,14-6-9-16(21)17(22)11-14)19(26)24-18(12-25)13-4-7-15(23)8-5-13;1-4-5-6(2)3;2*1-2/h4-9,11,18,25H,3,10,12H2,1-2H3,(H,24,26);6H,4-5H2,1-3H3;2*1-2H3/t18-,20?;;;/m0.../s1. The molecule has 0 radical (unpaired) electrons. The van der Waals surface area contributed by atoms with Crippen LogP contribution in [0.3, 0.4) is 0 Å². The van der Waals surface area contributed by atoms with E-state index in [2.05, 4.69) is 26.1 Å². The van der Waals surface area contributed by atoms with Crippen molar-refractivity contribution in [3.8, 4) is 0 Å². The lowest BCUT2D eigenvalue weighted by Crippen LogP contribution is -2.44. The second-order valence-corrected chi connectivity index (χ2v) is 9.47. The quantitative estimate of drug-likeness (QED) is 0.330. The molecule has 1 unspecified atom stereocenters. The van der Waals surface area contributed by atoms with Crippen LogP contribution < -0.4 is 5.32 Å². The predicted molar refractivity (Wildman–Crippen MR) is 156 cm³/mol. The summed E-state index contributed by atoms with van der Waals surface area (Å²) in [7, 11) is 0. The molecule has 2 aromatic carbocycles. The number of hydrogen-bond donors (Lipinski definition) is 2. The van der Waals surface area contributed by atoms with Gasteiger partial charge in [0.1, 0.15) is 5.82 Å². The largest absolute Gasteiger partial charge is 0.394 e. The Labute approximate surface area is 229 Å². The maximum Gasteiger partial charge on any atom is 0.230 e. The highest BCUT2D eigenvalue weighted by atomic mass is 35.5. The van der Waals surface area contributed by atoms with E-state index in [-0.39, 0.29) is 18.3 Å². The molecule has 2 atom stereocenters. The number of benzene rings is 2. The number of amides is 1. The lowest BCUT2D eigenvalue weighted by molar-refractivity contribution is -0.127. The first-order valence-electron chi connectivity index (χ1n) is 13.2. The Morgan fingerprint density at radius 2 is 1.53 bits per heavy atom. The zero-order chi connectivity index (χ0) is 28.3. The van der Waals surface area contributed by atoms with Crippen molar-refractivity contribution in [2.24, 2.45) is 5.92 Å². The summed E-state index contributed by atoms with van der Waals surface area (Å²) < 4.78 is 13.1. The molecule has 36 heavy (non-hydrogen) atoms. The van der Waals surface area contributed by atoms with E-state index in [9.17, 15) is 14.3 Å². The topological polar surface area (TPSA) is 49.3 Å². The molecule has 0 spiro atoms. The van der Waals surface area contributed by atoms with Crippen LogP contribution in [0.5, 0.6) is 0 Å². The first-order chi connectivity index (χ1) is 17.1. The molecule has 0 aliphatic rings. The second-order valence-electron chi connectivity index (χ2n) is 8.65. The van der Waals surface area contributed by atoms with Crippen LogP contribution in [-0.4, -0.2) is 17.6 Å². The van der Waals surface area contributed by atoms with E-state index in [1.54, 1.807) is 30.3 Å². The number of nitrogens with one attached hydrogen (secondary N) is 1. The number of hydrogen-bond acceptors (Lipinski definition) is 2. The van der Waals surface area contributed by atoms with Crippen LogP contribution in [0.15, 0.2) is 42.5 Å². The summed E-state index contributed by atoms with van der Waals surface area (Å²) in [6.45, 7) is 18.3. The van der Waals surface area contributed by atoms with Gasteiger partial charge in [-0.3, -0.25) is 4.79 Å². The van der Waals surface area contributed by atoms with Gasteiger partial charge in [-0.15, -0.1) is 0 Å². The lowest BCUT2D eigenvalue weighted by atomic mass is 9.77. The Hall–Kier alpha value is -1.62. The molecule has 0 saturated carbocycles. The molecule has 0 aliphatic heterocycles. The van der Waals surface area contributed by atoms with Crippen molar-refractivity contribution in [3.63, 3.8) is 0 Å². The minimum Gasteiger partial charge on any atom is -0.394 e. The molecular formula is C30H48Cl2FNO2. The number of aliphatic hydroxyl groups excluding tert-OH is 1. The molecule has 2 aromatic rings. The molecule has 0 aromatic heterocycles. The summed E-state index contributed by atoms with van der Waals surface area (Å²) in [6.07, 6.45) is 4.08. The minimum absolute atomic E-state index is 0.235. The number of aliphatic hydroxyl groups is 1. The van der Waals surface area contributed by atoms with Crippen LogP contribution in [0.4, 0.5) is 4.39 Å². The molecule has 0 heterocycles. The normalized spacial score (nSPS) is 12.5. The van der Waals surface area contributed by atoms with Crippen LogP contribution in [0, 0.1) is 11.7 Å². The Balaban J connectivity index is 0. The molecule has 0 bridgehead atoms. The lowest BCUT2D eigenvalue weighted by Gasteiger charge is -2.31. The Kier molecular flexibility index (Phi) is 20.7. The van der Waals surface area contributed by atoms with Crippen molar-refractivity contribution in [2.45, 2.75) is 99.5 Å². The third-order valence-electron chi connectivity index (χ3n) is 5.43. The summed E-state index contributed by atoms with van der Waals surface area (Å²) in [6, 6.07) is 10.2. The summed E-state index contributed by atoms with van der Waals surface area (Å²) in [5.74, 6) is 0.291. The Morgan fingerprint density at radius 1 is 0.972 bits per heavy atom. The third kappa shape index (κ3) is 12.6. The van der Waals surface area contributed by atoms with E-state index in [0.717, 1.165) is 17.9 Å². The van der Waals surface area contributed by atoms with E-state index in [1.807, 2.05) is 41.5 Å². The maximum atomic E-state index is 13.1. The van der Waals surface area contributed by atoms with Gasteiger partial charge in [0.2, 0.25) is 5.91 Å². The molecule has 206 valence electrons. The van der Waals surface area contributed by atoms with Gasteiger partial charge in [-0.05, 0) is 54.7 Å². The second kappa shape index (κ2) is 20.4. The third-order valence-corrected chi connectivity index (χ3v) is 6.17. The van der Waals surface area contributed by atoms with Crippen LogP contribution >= 0.6 is 23.2 Å². The van der Waals surface area contributed by atoms with Gasteiger partial charge in [-0.25, -0.2) is 4.39 Å². The zero-order valence-corrected chi connectivity index (χ0v) is 25.2. The van der Waals surface area contributed by atoms with Gasteiger partial charge in [-0.2, -0.15) is 0 Å². The molecule has 2 rings (SSSR count). The van der Waals surface area contributed by atoms with Crippen molar-refractivity contribution in [1.82, 2.24) is 5.32 Å². The Morgan fingerprint density at radius 3 is 1.92 bits per heavy atom. The molecule has 0 aliphatic carbocycles. The molecule has 3 nitrogen and oxygen atoms in total. The number of carbonyl (C=O) groups is 1. The summed E-state index contributed by atoms with van der Waals surface area (Å²) >= 11 is 12.1. The molecule has 0 saturated heterocycles. The Bertz CT molecular complexity index is 843. The van der Waals surface area contributed by atoms with Gasteiger partial charge in [0.15, 0.2) is 0 Å². The SMILES string of the molecule is CC.CC.CCCC(C)(C(=O)N[C@@H](CO)c1ccc(F)cc1)c1ccc(Cl)c(Cl)c1.CCCC(C)C. The van der Waals surface area contributed by atoms with Crippen LogP contribution in [0.1, 0.15) is 105 Å². The molecule has 1 amide bonds.